The molecule has 0 saturated carbocycles. The summed E-state index contributed by atoms with van der Waals surface area (Å²) in [4.78, 5) is 57.6. The van der Waals surface area contributed by atoms with Crippen LogP contribution in [-0.4, -0.2) is 28.8 Å². The summed E-state index contributed by atoms with van der Waals surface area (Å²) in [5.41, 5.74) is 1.49. The molecule has 2 fully saturated rings. The van der Waals surface area contributed by atoms with Crippen molar-refractivity contribution in [3.63, 3.8) is 0 Å². The minimum Gasteiger partial charge on any atom is -0.423 e. The van der Waals surface area contributed by atoms with Crippen LogP contribution in [0.5, 0.6) is 5.75 Å². The van der Waals surface area contributed by atoms with Crippen LogP contribution in [0, 0.1) is 16.0 Å². The maximum absolute atomic E-state index is 13.8. The number of carbonyl (C=O) groups excluding carboxylic acids is 3. The zero-order valence-corrected chi connectivity index (χ0v) is 22.9. The van der Waals surface area contributed by atoms with Crippen LogP contribution >= 0.6 is 23.2 Å². The highest BCUT2D eigenvalue weighted by atomic mass is 35.5. The fraction of sp³-hybridized carbons (Fsp3) is 0.100. The minimum atomic E-state index is -1.18. The van der Waals surface area contributed by atoms with Crippen molar-refractivity contribution in [1.29, 1.82) is 0 Å². The Balaban J connectivity index is 1.35. The van der Waals surface area contributed by atoms with Gasteiger partial charge in [0.1, 0.15) is 11.7 Å². The predicted molar refractivity (Wildman–Crippen MR) is 153 cm³/mol. The van der Waals surface area contributed by atoms with Gasteiger partial charge in [-0.1, -0.05) is 53.5 Å². The first-order chi connectivity index (χ1) is 20.2. The molecule has 2 saturated heterocycles. The van der Waals surface area contributed by atoms with E-state index >= 15 is 0 Å². The van der Waals surface area contributed by atoms with E-state index in [4.69, 9.17) is 32.8 Å². The molecule has 0 spiro atoms. The van der Waals surface area contributed by atoms with Crippen molar-refractivity contribution in [2.45, 2.75) is 12.1 Å². The van der Waals surface area contributed by atoms with Crippen LogP contribution in [0.1, 0.15) is 22.0 Å². The Morgan fingerprint density at radius 3 is 2.14 bits per heavy atom. The first-order valence-electron chi connectivity index (χ1n) is 12.6. The second-order valence-corrected chi connectivity index (χ2v) is 10.3. The van der Waals surface area contributed by atoms with E-state index in [9.17, 15) is 24.5 Å². The first kappa shape index (κ1) is 27.4. The van der Waals surface area contributed by atoms with E-state index in [-0.39, 0.29) is 27.2 Å². The first-order valence-corrected chi connectivity index (χ1v) is 13.4. The molecule has 2 amide bonds. The van der Waals surface area contributed by atoms with Gasteiger partial charge in [-0.3, -0.25) is 24.5 Å². The molecule has 0 aliphatic carbocycles. The maximum Gasteiger partial charge on any atom is 0.343 e. The zero-order chi connectivity index (χ0) is 29.5. The van der Waals surface area contributed by atoms with Crippen molar-refractivity contribution < 1.29 is 28.9 Å². The van der Waals surface area contributed by atoms with E-state index in [1.807, 2.05) is 0 Å². The summed E-state index contributed by atoms with van der Waals surface area (Å²) in [5.74, 6) is -2.34. The van der Waals surface area contributed by atoms with Crippen LogP contribution in [0.4, 0.5) is 17.1 Å². The molecule has 3 unspecified atom stereocenters. The topological polar surface area (TPSA) is 119 Å². The summed E-state index contributed by atoms with van der Waals surface area (Å²) >= 11 is 12.2. The highest BCUT2D eigenvalue weighted by Gasteiger charge is 2.60. The van der Waals surface area contributed by atoms with E-state index in [1.165, 1.54) is 47.5 Å². The molecule has 210 valence electrons. The molecule has 0 bridgehead atoms. The highest BCUT2D eigenvalue weighted by molar-refractivity contribution is 6.42. The van der Waals surface area contributed by atoms with Gasteiger partial charge in [-0.2, -0.15) is 0 Å². The molecule has 12 heteroatoms. The average molecular weight is 604 g/mol. The van der Waals surface area contributed by atoms with Crippen molar-refractivity contribution in [3.05, 3.63) is 128 Å². The number of benzene rings is 4. The summed E-state index contributed by atoms with van der Waals surface area (Å²) in [6, 6.07) is 24.2. The van der Waals surface area contributed by atoms with E-state index in [0.29, 0.717) is 16.8 Å². The van der Waals surface area contributed by atoms with Gasteiger partial charge < -0.3 is 4.74 Å². The standard InChI is InChI=1S/C30H19Cl2N3O7/c31-23-15-12-21(16-24(23)32)33-28(36)25-26(17-6-13-22(14-7-17)41-30(38)18-4-2-1-3-5-18)34(42-27(25)29(33)37)19-8-10-20(11-9-19)35(39)40/h1-16,25-27H. The molecule has 2 heterocycles. The van der Waals surface area contributed by atoms with Gasteiger partial charge in [0.2, 0.25) is 5.91 Å². The number of anilines is 2. The van der Waals surface area contributed by atoms with Gasteiger partial charge in [0.15, 0.2) is 6.10 Å². The number of hydroxylamine groups is 1. The summed E-state index contributed by atoms with van der Waals surface area (Å²) in [5, 5.41) is 13.0. The zero-order valence-electron chi connectivity index (χ0n) is 21.4. The Morgan fingerprint density at radius 1 is 0.833 bits per heavy atom. The molecule has 3 atom stereocenters. The lowest BCUT2D eigenvalue weighted by Crippen LogP contribution is -2.37. The van der Waals surface area contributed by atoms with Gasteiger partial charge in [0, 0.05) is 12.1 Å². The summed E-state index contributed by atoms with van der Waals surface area (Å²) in [6.45, 7) is 0. The number of hydrogen-bond donors (Lipinski definition) is 0. The number of imide groups is 1. The number of hydrogen-bond acceptors (Lipinski definition) is 8. The quantitative estimate of drug-likeness (QED) is 0.0843. The molecule has 0 aromatic heterocycles. The van der Waals surface area contributed by atoms with Gasteiger partial charge in [-0.15, -0.1) is 0 Å². The second kappa shape index (κ2) is 10.9. The molecule has 6 rings (SSSR count). The van der Waals surface area contributed by atoms with E-state index < -0.39 is 40.8 Å². The third-order valence-electron chi connectivity index (χ3n) is 7.03. The lowest BCUT2D eigenvalue weighted by molar-refractivity contribution is -0.384. The van der Waals surface area contributed by atoms with Crippen LogP contribution in [-0.2, 0) is 14.4 Å². The monoisotopic (exact) mass is 603 g/mol. The molecule has 4 aromatic rings. The number of carbonyl (C=O) groups is 3. The number of non-ortho nitro benzene ring substituents is 1. The Kier molecular flexibility index (Phi) is 7.11. The summed E-state index contributed by atoms with van der Waals surface area (Å²) < 4.78 is 5.49. The number of nitrogens with zero attached hydrogens (tertiary/aromatic N) is 3. The highest BCUT2D eigenvalue weighted by Crippen LogP contribution is 2.48. The number of esters is 1. The molecule has 0 radical (unpaired) electrons. The Morgan fingerprint density at radius 2 is 1.50 bits per heavy atom. The number of fused-ring (bicyclic) bond motifs is 1. The van der Waals surface area contributed by atoms with Crippen molar-refractivity contribution >= 4 is 58.0 Å². The van der Waals surface area contributed by atoms with Gasteiger partial charge in [-0.05, 0) is 60.2 Å². The Bertz CT molecular complexity index is 1720. The van der Waals surface area contributed by atoms with Crippen molar-refractivity contribution in [2.75, 3.05) is 9.96 Å². The molecule has 42 heavy (non-hydrogen) atoms. The smallest absolute Gasteiger partial charge is 0.343 e. The van der Waals surface area contributed by atoms with Gasteiger partial charge >= 0.3 is 5.97 Å². The molecule has 10 nitrogen and oxygen atoms in total. The number of ether oxygens (including phenoxy) is 1. The number of nitro benzene ring substituents is 1. The molecular weight excluding hydrogens is 585 g/mol. The fourth-order valence-corrected chi connectivity index (χ4v) is 5.34. The van der Waals surface area contributed by atoms with Gasteiger partial charge in [-0.25, -0.2) is 14.8 Å². The maximum atomic E-state index is 13.8. The lowest BCUT2D eigenvalue weighted by atomic mass is 9.90. The van der Waals surface area contributed by atoms with Crippen molar-refractivity contribution in [2.24, 2.45) is 5.92 Å². The van der Waals surface area contributed by atoms with E-state index in [2.05, 4.69) is 0 Å². The van der Waals surface area contributed by atoms with Gasteiger partial charge in [0.05, 0.1) is 37.9 Å². The number of rotatable bonds is 6. The SMILES string of the molecule is O=C(Oc1ccc(C2C3C(=O)N(c4ccc(Cl)c(Cl)c4)C(=O)C3ON2c2ccc([N+](=O)[O-])cc2)cc1)c1ccccc1. The average Bonchev–Trinajstić information content (AvgIpc) is 3.51. The van der Waals surface area contributed by atoms with Crippen LogP contribution in [0.15, 0.2) is 97.1 Å². The molecule has 0 N–H and O–H groups in total. The second-order valence-electron chi connectivity index (χ2n) is 9.53. The van der Waals surface area contributed by atoms with Crippen molar-refractivity contribution in [1.82, 2.24) is 0 Å². The summed E-state index contributed by atoms with van der Waals surface area (Å²) in [6.07, 6.45) is -1.18. The van der Waals surface area contributed by atoms with Crippen molar-refractivity contribution in [3.8, 4) is 5.75 Å². The van der Waals surface area contributed by atoms with Gasteiger partial charge in [0.25, 0.3) is 11.6 Å². The number of halogens is 2. The predicted octanol–water partition coefficient (Wildman–Crippen LogP) is 6.17. The largest absolute Gasteiger partial charge is 0.423 e. The van der Waals surface area contributed by atoms with Crippen LogP contribution < -0.4 is 14.7 Å². The summed E-state index contributed by atoms with van der Waals surface area (Å²) in [7, 11) is 0. The fourth-order valence-electron chi connectivity index (χ4n) is 5.05. The molecule has 2 aliphatic heterocycles. The Hall–Kier alpha value is -4.77. The third kappa shape index (κ3) is 4.85. The van der Waals surface area contributed by atoms with Crippen LogP contribution in [0.3, 0.4) is 0 Å². The number of amides is 2. The normalized spacial score (nSPS) is 19.6. The molecule has 2 aliphatic rings. The van der Waals surface area contributed by atoms with Crippen LogP contribution in [0.2, 0.25) is 10.0 Å². The van der Waals surface area contributed by atoms with E-state index in [0.717, 1.165) is 4.90 Å². The van der Waals surface area contributed by atoms with E-state index in [1.54, 1.807) is 54.6 Å². The molecule has 4 aromatic carbocycles. The Labute approximate surface area is 248 Å². The third-order valence-corrected chi connectivity index (χ3v) is 7.77. The minimum absolute atomic E-state index is 0.128. The lowest BCUT2D eigenvalue weighted by Gasteiger charge is -2.28. The molecular formula is C30H19Cl2N3O7. The van der Waals surface area contributed by atoms with Crippen LogP contribution in [0.25, 0.3) is 0 Å². The number of nitro groups is 1.